The summed E-state index contributed by atoms with van der Waals surface area (Å²) >= 11 is 0. The molecule has 3 heterocycles. The second-order valence-corrected chi connectivity index (χ2v) is 5.53. The monoisotopic (exact) mass is 247 g/mol. The molecule has 2 saturated heterocycles. The summed E-state index contributed by atoms with van der Waals surface area (Å²) < 4.78 is 11.4. The van der Waals surface area contributed by atoms with E-state index < -0.39 is 0 Å². The number of rotatable bonds is 2. The maximum atomic E-state index is 5.78. The van der Waals surface area contributed by atoms with E-state index in [2.05, 4.69) is 14.9 Å². The third kappa shape index (κ3) is 2.35. The fourth-order valence-corrected chi connectivity index (χ4v) is 2.33. The van der Waals surface area contributed by atoms with E-state index in [4.69, 9.17) is 9.31 Å². The Kier molecular flexibility index (Phi) is 2.99. The summed E-state index contributed by atoms with van der Waals surface area (Å²) in [7, 11) is -0.326. The van der Waals surface area contributed by atoms with Crippen molar-refractivity contribution in [1.29, 1.82) is 0 Å². The van der Waals surface area contributed by atoms with Crippen molar-refractivity contribution in [3.05, 3.63) is 12.4 Å². The second kappa shape index (κ2) is 4.51. The van der Waals surface area contributed by atoms with Gasteiger partial charge in [-0.2, -0.15) is 0 Å². The minimum Gasteiger partial charge on any atom is -0.404 e. The van der Waals surface area contributed by atoms with Crippen LogP contribution in [0, 0.1) is 0 Å². The quantitative estimate of drug-likeness (QED) is 0.716. The van der Waals surface area contributed by atoms with Crippen LogP contribution in [0.2, 0.25) is 0 Å². The van der Waals surface area contributed by atoms with Gasteiger partial charge in [0, 0.05) is 30.9 Å². The van der Waals surface area contributed by atoms with Crippen LogP contribution in [0.1, 0.15) is 26.7 Å². The van der Waals surface area contributed by atoms with Crippen LogP contribution in [0.15, 0.2) is 12.4 Å². The molecule has 2 aliphatic heterocycles. The molecule has 6 heteroatoms. The van der Waals surface area contributed by atoms with Crippen molar-refractivity contribution >= 4 is 18.5 Å². The van der Waals surface area contributed by atoms with Gasteiger partial charge in [0.15, 0.2) is 0 Å². The highest BCUT2D eigenvalue weighted by Crippen LogP contribution is 2.19. The van der Waals surface area contributed by atoms with Crippen molar-refractivity contribution in [1.82, 2.24) is 9.97 Å². The molecule has 96 valence electrons. The van der Waals surface area contributed by atoms with Gasteiger partial charge in [0.25, 0.3) is 0 Å². The van der Waals surface area contributed by atoms with Gasteiger partial charge in [0.1, 0.15) is 0 Å². The van der Waals surface area contributed by atoms with Gasteiger partial charge in [-0.05, 0) is 26.7 Å². The molecule has 0 atom stereocenters. The molecule has 1 aromatic rings. The summed E-state index contributed by atoms with van der Waals surface area (Å²) in [5.74, 6) is 0.813. The van der Waals surface area contributed by atoms with E-state index >= 15 is 0 Å². The van der Waals surface area contributed by atoms with Gasteiger partial charge in [0.05, 0.1) is 12.2 Å². The molecule has 2 aliphatic rings. The summed E-state index contributed by atoms with van der Waals surface area (Å²) in [6.45, 7) is 6.76. The molecule has 0 aromatic carbocycles. The minimum absolute atomic E-state index is 0.224. The van der Waals surface area contributed by atoms with Crippen LogP contribution in [0.25, 0.3) is 0 Å². The van der Waals surface area contributed by atoms with Crippen molar-refractivity contribution in [2.24, 2.45) is 0 Å². The van der Waals surface area contributed by atoms with Crippen LogP contribution in [0.4, 0.5) is 5.95 Å². The zero-order valence-corrected chi connectivity index (χ0v) is 10.9. The molecule has 0 aliphatic carbocycles. The average molecular weight is 247 g/mol. The minimum atomic E-state index is -0.326. The van der Waals surface area contributed by atoms with E-state index in [1.165, 1.54) is 12.8 Å². The normalized spacial score (nSPS) is 22.8. The molecule has 0 amide bonds. The van der Waals surface area contributed by atoms with Crippen LogP contribution in [0.3, 0.4) is 0 Å². The lowest BCUT2D eigenvalue weighted by molar-refractivity contribution is 0.137. The molecular weight excluding hydrogens is 229 g/mol. The van der Waals surface area contributed by atoms with Gasteiger partial charge in [-0.1, -0.05) is 0 Å². The molecule has 0 bridgehead atoms. The SMILES string of the molecule is CC1(C)COB(c2cnc(N3CCCC3)nc2)O1. The Balaban J connectivity index is 1.71. The standard InChI is InChI=1S/C12H18BN3O2/c1-12(2)9-17-13(18-12)10-7-14-11(15-8-10)16-5-3-4-6-16/h7-8H,3-6,9H2,1-2H3. The molecule has 0 saturated carbocycles. The number of hydrogen-bond acceptors (Lipinski definition) is 5. The second-order valence-electron chi connectivity index (χ2n) is 5.53. The zero-order valence-electron chi connectivity index (χ0n) is 10.9. The fraction of sp³-hybridized carbons (Fsp3) is 0.667. The van der Waals surface area contributed by atoms with Gasteiger partial charge in [-0.15, -0.1) is 0 Å². The Morgan fingerprint density at radius 1 is 1.22 bits per heavy atom. The average Bonchev–Trinajstić information content (AvgIpc) is 2.98. The van der Waals surface area contributed by atoms with Crippen LogP contribution in [-0.2, 0) is 9.31 Å². The topological polar surface area (TPSA) is 47.5 Å². The first kappa shape index (κ1) is 11.9. The lowest BCUT2D eigenvalue weighted by Gasteiger charge is -2.16. The smallest absolute Gasteiger partial charge is 0.404 e. The maximum Gasteiger partial charge on any atom is 0.497 e. The number of nitrogens with zero attached hydrogens (tertiary/aromatic N) is 3. The first-order valence-corrected chi connectivity index (χ1v) is 6.50. The van der Waals surface area contributed by atoms with E-state index in [1.54, 1.807) is 0 Å². The molecule has 5 nitrogen and oxygen atoms in total. The predicted octanol–water partition coefficient (Wildman–Crippen LogP) is 0.597. The molecule has 18 heavy (non-hydrogen) atoms. The van der Waals surface area contributed by atoms with Crippen molar-refractivity contribution in [3.8, 4) is 0 Å². The highest BCUT2D eigenvalue weighted by Gasteiger charge is 2.38. The fourth-order valence-electron chi connectivity index (χ4n) is 2.33. The highest BCUT2D eigenvalue weighted by atomic mass is 16.7. The third-order valence-corrected chi connectivity index (χ3v) is 3.33. The van der Waals surface area contributed by atoms with Crippen LogP contribution in [-0.4, -0.2) is 42.4 Å². The molecule has 3 rings (SSSR count). The van der Waals surface area contributed by atoms with Gasteiger partial charge < -0.3 is 14.2 Å². The van der Waals surface area contributed by atoms with E-state index in [9.17, 15) is 0 Å². The van der Waals surface area contributed by atoms with Crippen LogP contribution < -0.4 is 10.4 Å². The van der Waals surface area contributed by atoms with Crippen molar-refractivity contribution < 1.29 is 9.31 Å². The lowest BCUT2D eigenvalue weighted by Crippen LogP contribution is -2.35. The van der Waals surface area contributed by atoms with Crippen LogP contribution >= 0.6 is 0 Å². The molecule has 2 fully saturated rings. The Bertz CT molecular complexity index is 418. The zero-order chi connectivity index (χ0) is 12.6. The summed E-state index contributed by atoms with van der Waals surface area (Å²) in [6, 6.07) is 0. The van der Waals surface area contributed by atoms with E-state index in [-0.39, 0.29) is 12.7 Å². The maximum absolute atomic E-state index is 5.78. The Labute approximate surface area is 108 Å². The predicted molar refractivity (Wildman–Crippen MR) is 70.0 cm³/mol. The molecule has 0 spiro atoms. The third-order valence-electron chi connectivity index (χ3n) is 3.33. The van der Waals surface area contributed by atoms with Crippen LogP contribution in [0.5, 0.6) is 0 Å². The lowest BCUT2D eigenvalue weighted by atomic mass is 9.81. The van der Waals surface area contributed by atoms with Crippen molar-refractivity contribution in [3.63, 3.8) is 0 Å². The van der Waals surface area contributed by atoms with E-state index in [1.807, 2.05) is 26.2 Å². The van der Waals surface area contributed by atoms with Gasteiger partial charge >= 0.3 is 7.12 Å². The Morgan fingerprint density at radius 2 is 1.89 bits per heavy atom. The number of anilines is 1. The summed E-state index contributed by atoms with van der Waals surface area (Å²) in [5, 5.41) is 0. The highest BCUT2D eigenvalue weighted by molar-refractivity contribution is 6.61. The Hall–Kier alpha value is -1.14. The van der Waals surface area contributed by atoms with E-state index in [0.717, 1.165) is 24.5 Å². The first-order valence-electron chi connectivity index (χ1n) is 6.50. The number of aromatic nitrogens is 2. The summed E-state index contributed by atoms with van der Waals surface area (Å²) in [6.07, 6.45) is 6.09. The molecular formula is C12H18BN3O2. The molecule has 0 N–H and O–H groups in total. The largest absolute Gasteiger partial charge is 0.497 e. The van der Waals surface area contributed by atoms with Gasteiger partial charge in [-0.3, -0.25) is 0 Å². The Morgan fingerprint density at radius 3 is 2.44 bits per heavy atom. The first-order chi connectivity index (χ1) is 8.64. The molecule has 0 radical (unpaired) electrons. The molecule has 1 aromatic heterocycles. The summed E-state index contributed by atoms with van der Waals surface area (Å²) in [4.78, 5) is 11.0. The van der Waals surface area contributed by atoms with E-state index in [0.29, 0.717) is 6.61 Å². The van der Waals surface area contributed by atoms with Crippen molar-refractivity contribution in [2.45, 2.75) is 32.3 Å². The summed E-state index contributed by atoms with van der Waals surface area (Å²) in [5.41, 5.74) is 0.668. The number of hydrogen-bond donors (Lipinski definition) is 0. The van der Waals surface area contributed by atoms with Crippen molar-refractivity contribution in [2.75, 3.05) is 24.6 Å². The molecule has 0 unspecified atom stereocenters. The van der Waals surface area contributed by atoms with Gasteiger partial charge in [-0.25, -0.2) is 9.97 Å². The van der Waals surface area contributed by atoms with Gasteiger partial charge in [0.2, 0.25) is 5.95 Å².